The fraction of sp³-hybridized carbons (Fsp3) is 0.0833. The first-order chi connectivity index (χ1) is 8.15. The van der Waals surface area contributed by atoms with Crippen LogP contribution in [0.1, 0.15) is 16.3 Å². The van der Waals surface area contributed by atoms with Gasteiger partial charge in [0.1, 0.15) is 29.8 Å². The molecule has 0 saturated carbocycles. The zero-order valence-corrected chi connectivity index (χ0v) is 10.8. The van der Waals surface area contributed by atoms with Gasteiger partial charge in [0.15, 0.2) is 0 Å². The number of ether oxygens (including phenoxy) is 1. The third-order valence-corrected chi connectivity index (χ3v) is 2.78. The number of hydrogen-bond donors (Lipinski definition) is 0. The zero-order valence-electron chi connectivity index (χ0n) is 8.68. The number of carbonyl (C=O) groups excluding carboxylic acids is 1. The average molecular weight is 343 g/mol. The first-order valence-electron chi connectivity index (χ1n) is 4.83. The molecule has 0 saturated heterocycles. The summed E-state index contributed by atoms with van der Waals surface area (Å²) in [6, 6.07) is 10.4. The maximum Gasteiger partial charge on any atom is 0.149 e. The molecule has 2 aromatic rings. The van der Waals surface area contributed by atoms with E-state index in [9.17, 15) is 9.90 Å². The van der Waals surface area contributed by atoms with Gasteiger partial charge in [-0.1, -0.05) is 0 Å². The van der Waals surface area contributed by atoms with E-state index in [-0.39, 0.29) is 12.4 Å². The number of halogens is 1. The van der Waals surface area contributed by atoms with Gasteiger partial charge >= 0.3 is 0 Å². The quantitative estimate of drug-likeness (QED) is 0.795. The average Bonchev–Trinajstić information content (AvgIpc) is 2.77. The smallest absolute Gasteiger partial charge is 0.149 e. The first-order valence-corrected chi connectivity index (χ1v) is 5.91. The molecule has 1 heterocycles. The van der Waals surface area contributed by atoms with Crippen LogP contribution >= 0.6 is 22.6 Å². The SMILES string of the molecule is O=C([O-])c1ccc(COc2ccc(I)cc2)o1. The van der Waals surface area contributed by atoms with Gasteiger partial charge in [0.25, 0.3) is 0 Å². The molecule has 0 spiro atoms. The topological polar surface area (TPSA) is 62.5 Å². The summed E-state index contributed by atoms with van der Waals surface area (Å²) in [4.78, 5) is 10.5. The summed E-state index contributed by atoms with van der Waals surface area (Å²) in [5, 5.41) is 10.5. The summed E-state index contributed by atoms with van der Waals surface area (Å²) < 4.78 is 11.5. The Bertz CT molecular complexity index is 516. The molecule has 0 aliphatic carbocycles. The molecule has 0 bridgehead atoms. The maximum absolute atomic E-state index is 10.5. The number of carboxylic acid groups (broad SMARTS) is 1. The second-order valence-electron chi connectivity index (χ2n) is 3.30. The number of hydrogen-bond acceptors (Lipinski definition) is 4. The lowest BCUT2D eigenvalue weighted by molar-refractivity contribution is -0.257. The van der Waals surface area contributed by atoms with Crippen molar-refractivity contribution in [2.24, 2.45) is 0 Å². The predicted molar refractivity (Wildman–Crippen MR) is 66.5 cm³/mol. The first kappa shape index (κ1) is 12.0. The van der Waals surface area contributed by atoms with E-state index in [2.05, 4.69) is 22.6 Å². The predicted octanol–water partition coefficient (Wildman–Crippen LogP) is 1.83. The Morgan fingerprint density at radius 1 is 1.24 bits per heavy atom. The van der Waals surface area contributed by atoms with Crippen LogP contribution in [0.2, 0.25) is 0 Å². The molecule has 88 valence electrons. The second kappa shape index (κ2) is 5.22. The third kappa shape index (κ3) is 3.23. The lowest BCUT2D eigenvalue weighted by Gasteiger charge is -2.04. The van der Waals surface area contributed by atoms with E-state index in [4.69, 9.17) is 9.15 Å². The van der Waals surface area contributed by atoms with Gasteiger partial charge in [0.2, 0.25) is 0 Å². The number of benzene rings is 1. The normalized spacial score (nSPS) is 10.2. The van der Waals surface area contributed by atoms with Crippen LogP contribution in [0.4, 0.5) is 0 Å². The summed E-state index contributed by atoms with van der Waals surface area (Å²) in [7, 11) is 0. The van der Waals surface area contributed by atoms with E-state index in [1.165, 1.54) is 6.07 Å². The Morgan fingerprint density at radius 3 is 2.53 bits per heavy atom. The standard InChI is InChI=1S/C12H9IO4/c13-8-1-3-9(4-2-8)16-7-10-5-6-11(17-10)12(14)15/h1-6H,7H2,(H,14,15)/p-1. The highest BCUT2D eigenvalue weighted by Gasteiger charge is 2.03. The fourth-order valence-electron chi connectivity index (χ4n) is 1.25. The maximum atomic E-state index is 10.5. The van der Waals surface area contributed by atoms with Gasteiger partial charge in [0.05, 0.1) is 0 Å². The van der Waals surface area contributed by atoms with Crippen molar-refractivity contribution in [3.63, 3.8) is 0 Å². The van der Waals surface area contributed by atoms with Crippen molar-refractivity contribution in [3.8, 4) is 5.75 Å². The highest BCUT2D eigenvalue weighted by molar-refractivity contribution is 14.1. The highest BCUT2D eigenvalue weighted by atomic mass is 127. The molecule has 0 amide bonds. The van der Waals surface area contributed by atoms with E-state index < -0.39 is 5.97 Å². The molecule has 17 heavy (non-hydrogen) atoms. The molecule has 0 unspecified atom stereocenters. The lowest BCUT2D eigenvalue weighted by atomic mass is 10.3. The minimum absolute atomic E-state index is 0.188. The summed E-state index contributed by atoms with van der Waals surface area (Å²) in [5.74, 6) is -0.365. The molecular weight excluding hydrogens is 335 g/mol. The Kier molecular flexibility index (Phi) is 3.68. The minimum atomic E-state index is -1.33. The van der Waals surface area contributed by atoms with Crippen LogP contribution < -0.4 is 9.84 Å². The van der Waals surface area contributed by atoms with E-state index >= 15 is 0 Å². The summed E-state index contributed by atoms with van der Waals surface area (Å²) >= 11 is 2.20. The Hall–Kier alpha value is -1.50. The van der Waals surface area contributed by atoms with Crippen LogP contribution in [0.15, 0.2) is 40.8 Å². The molecule has 4 nitrogen and oxygen atoms in total. The molecule has 5 heteroatoms. The van der Waals surface area contributed by atoms with Crippen molar-refractivity contribution in [2.45, 2.75) is 6.61 Å². The summed E-state index contributed by atoms with van der Waals surface area (Å²) in [5.41, 5.74) is 0. The second-order valence-corrected chi connectivity index (χ2v) is 4.54. The lowest BCUT2D eigenvalue weighted by Crippen LogP contribution is -2.21. The summed E-state index contributed by atoms with van der Waals surface area (Å²) in [6.45, 7) is 0.188. The molecule has 0 N–H and O–H groups in total. The van der Waals surface area contributed by atoms with Crippen molar-refractivity contribution in [3.05, 3.63) is 51.5 Å². The van der Waals surface area contributed by atoms with Crippen molar-refractivity contribution in [1.29, 1.82) is 0 Å². The molecule has 0 aliphatic rings. The van der Waals surface area contributed by atoms with Gasteiger partial charge in [-0.05, 0) is 59.0 Å². The molecular formula is C12H8IO4-. The van der Waals surface area contributed by atoms with Crippen LogP contribution in [0.3, 0.4) is 0 Å². The van der Waals surface area contributed by atoms with E-state index in [0.717, 1.165) is 3.57 Å². The molecule has 0 aliphatic heterocycles. The van der Waals surface area contributed by atoms with Gasteiger partial charge < -0.3 is 19.1 Å². The number of carbonyl (C=O) groups is 1. The van der Waals surface area contributed by atoms with Gasteiger partial charge in [-0.25, -0.2) is 0 Å². The van der Waals surface area contributed by atoms with Crippen molar-refractivity contribution >= 4 is 28.6 Å². The zero-order chi connectivity index (χ0) is 12.3. The van der Waals surface area contributed by atoms with Crippen LogP contribution in [-0.2, 0) is 6.61 Å². The van der Waals surface area contributed by atoms with E-state index in [1.54, 1.807) is 6.07 Å². The third-order valence-electron chi connectivity index (χ3n) is 2.06. The van der Waals surface area contributed by atoms with E-state index in [1.807, 2.05) is 24.3 Å². The van der Waals surface area contributed by atoms with Crippen LogP contribution in [0.25, 0.3) is 0 Å². The van der Waals surface area contributed by atoms with Gasteiger partial charge in [0, 0.05) is 3.57 Å². The number of rotatable bonds is 4. The van der Waals surface area contributed by atoms with Crippen molar-refractivity contribution in [2.75, 3.05) is 0 Å². The van der Waals surface area contributed by atoms with Crippen molar-refractivity contribution < 1.29 is 19.1 Å². The Labute approximate surface area is 111 Å². The minimum Gasteiger partial charge on any atom is -0.542 e. The Morgan fingerprint density at radius 2 is 1.94 bits per heavy atom. The van der Waals surface area contributed by atoms with Crippen LogP contribution in [0, 0.1) is 3.57 Å². The molecule has 2 rings (SSSR count). The van der Waals surface area contributed by atoms with Crippen LogP contribution in [-0.4, -0.2) is 5.97 Å². The molecule has 1 aromatic carbocycles. The monoisotopic (exact) mass is 343 g/mol. The largest absolute Gasteiger partial charge is 0.542 e. The van der Waals surface area contributed by atoms with E-state index in [0.29, 0.717) is 11.5 Å². The molecule has 0 fully saturated rings. The number of furan rings is 1. The van der Waals surface area contributed by atoms with Crippen LogP contribution in [0.5, 0.6) is 5.75 Å². The highest BCUT2D eigenvalue weighted by Crippen LogP contribution is 2.16. The Balaban J connectivity index is 1.97. The molecule has 0 atom stereocenters. The molecule has 1 aromatic heterocycles. The van der Waals surface area contributed by atoms with Gasteiger partial charge in [-0.3, -0.25) is 0 Å². The van der Waals surface area contributed by atoms with Gasteiger partial charge in [-0.15, -0.1) is 0 Å². The van der Waals surface area contributed by atoms with Gasteiger partial charge in [-0.2, -0.15) is 0 Å². The van der Waals surface area contributed by atoms with Crippen molar-refractivity contribution in [1.82, 2.24) is 0 Å². The molecule has 0 radical (unpaired) electrons. The number of aromatic carboxylic acids is 1. The fourth-order valence-corrected chi connectivity index (χ4v) is 1.61. The number of carboxylic acids is 1. The summed E-state index contributed by atoms with van der Waals surface area (Å²) in [6.07, 6.45) is 0.